The van der Waals surface area contributed by atoms with Gasteiger partial charge in [-0.25, -0.2) is 0 Å². The summed E-state index contributed by atoms with van der Waals surface area (Å²) in [6.07, 6.45) is 0. The van der Waals surface area contributed by atoms with Crippen molar-refractivity contribution in [1.29, 1.82) is 0 Å². The van der Waals surface area contributed by atoms with Crippen molar-refractivity contribution < 1.29 is 23.9 Å². The fourth-order valence-electron chi connectivity index (χ4n) is 3.71. The normalized spacial score (nSPS) is 28.2. The predicted octanol–water partition coefficient (Wildman–Crippen LogP) is 1.71. The first kappa shape index (κ1) is 19.9. The van der Waals surface area contributed by atoms with Gasteiger partial charge in [-0.1, -0.05) is 6.07 Å². The van der Waals surface area contributed by atoms with Crippen molar-refractivity contribution in [2.45, 2.75) is 42.5 Å². The summed E-state index contributed by atoms with van der Waals surface area (Å²) in [7, 11) is 2.92. The van der Waals surface area contributed by atoms with Crippen LogP contribution in [0.5, 0.6) is 11.5 Å². The molecular formula is C18H22N2O5S2. The highest BCUT2D eigenvalue weighted by Gasteiger charge is 2.69. The summed E-state index contributed by atoms with van der Waals surface area (Å²) in [5.74, 6) is -0.0807. The van der Waals surface area contributed by atoms with Crippen molar-refractivity contribution in [2.75, 3.05) is 14.2 Å². The zero-order valence-corrected chi connectivity index (χ0v) is 17.4. The molecule has 0 spiro atoms. The minimum atomic E-state index is -1.14. The average Bonchev–Trinajstić information content (AvgIpc) is 2.90. The lowest BCUT2D eigenvalue weighted by molar-refractivity contribution is -0.158. The van der Waals surface area contributed by atoms with E-state index in [1.165, 1.54) is 30.9 Å². The summed E-state index contributed by atoms with van der Waals surface area (Å²) in [5, 5.41) is 2.12. The number of hydrogen-bond donors (Lipinski definition) is 2. The molecule has 0 bridgehead atoms. The zero-order valence-electron chi connectivity index (χ0n) is 15.7. The van der Waals surface area contributed by atoms with Crippen LogP contribution >= 0.6 is 24.4 Å². The molecule has 3 rings (SSSR count). The summed E-state index contributed by atoms with van der Waals surface area (Å²) in [6, 6.07) is 4.38. The van der Waals surface area contributed by atoms with Gasteiger partial charge < -0.3 is 19.7 Å². The second-order valence-corrected chi connectivity index (χ2v) is 9.40. The minimum Gasteiger partial charge on any atom is -0.496 e. The molecule has 0 aliphatic carbocycles. The number of β-lactam (4-membered cyclic amide) rings is 1. The van der Waals surface area contributed by atoms with E-state index in [9.17, 15) is 14.4 Å². The van der Waals surface area contributed by atoms with Crippen molar-refractivity contribution in [1.82, 2.24) is 10.2 Å². The number of nitrogens with zero attached hydrogens (tertiary/aromatic N) is 1. The lowest BCUT2D eigenvalue weighted by Crippen LogP contribution is -2.78. The number of fused-ring (bicyclic) bond motifs is 1. The standard InChI is InChI=1S/C18H22N2O5S2/c1-17(2)12(14(22)26)20-15(23)18(3,16(20)27-17)19-13(21)11-9(24-4)7-6-8-10(11)25-5/h6-8,12,16H,1-5H3,(H,19,21)(H,22,26)/t12-,16+,18?/m0/s1. The number of rotatable bonds is 5. The summed E-state index contributed by atoms with van der Waals surface area (Å²) < 4.78 is 10.1. The third-order valence-electron chi connectivity index (χ3n) is 5.04. The number of carbonyl (C=O) groups is 3. The second kappa shape index (κ2) is 6.63. The number of carbonyl (C=O) groups excluding carboxylic acids is 3. The number of amides is 2. The Morgan fingerprint density at radius 3 is 2.22 bits per heavy atom. The molecule has 27 heavy (non-hydrogen) atoms. The number of benzene rings is 1. The average molecular weight is 411 g/mol. The highest BCUT2D eigenvalue weighted by atomic mass is 32.2. The van der Waals surface area contributed by atoms with Gasteiger partial charge in [0, 0.05) is 4.75 Å². The first-order valence-corrected chi connectivity index (χ1v) is 9.68. The maximum atomic E-state index is 13.0. The highest BCUT2D eigenvalue weighted by Crippen LogP contribution is 2.55. The quantitative estimate of drug-likeness (QED) is 0.568. The van der Waals surface area contributed by atoms with Gasteiger partial charge in [0.15, 0.2) is 0 Å². The van der Waals surface area contributed by atoms with Crippen molar-refractivity contribution in [3.63, 3.8) is 0 Å². The molecule has 2 amide bonds. The van der Waals surface area contributed by atoms with Gasteiger partial charge in [-0.3, -0.25) is 14.4 Å². The largest absolute Gasteiger partial charge is 0.496 e. The van der Waals surface area contributed by atoms with Gasteiger partial charge >= 0.3 is 0 Å². The Kier molecular flexibility index (Phi) is 4.88. The molecule has 2 aliphatic rings. The van der Waals surface area contributed by atoms with Crippen LogP contribution in [0.2, 0.25) is 0 Å². The molecule has 0 radical (unpaired) electrons. The Morgan fingerprint density at radius 2 is 1.74 bits per heavy atom. The molecule has 1 unspecified atom stereocenters. The van der Waals surface area contributed by atoms with E-state index in [1.54, 1.807) is 25.1 Å². The Hall–Kier alpha value is -1.87. The molecule has 0 saturated carbocycles. The molecule has 9 heteroatoms. The fourth-order valence-corrected chi connectivity index (χ4v) is 5.90. The van der Waals surface area contributed by atoms with Gasteiger partial charge in [0.1, 0.15) is 34.0 Å². The Morgan fingerprint density at radius 1 is 1.19 bits per heavy atom. The Bertz CT molecular complexity index is 806. The summed E-state index contributed by atoms with van der Waals surface area (Å²) in [4.78, 5) is 39.4. The zero-order chi connectivity index (χ0) is 20.1. The molecule has 3 atom stereocenters. The molecular weight excluding hydrogens is 388 g/mol. The van der Waals surface area contributed by atoms with Gasteiger partial charge in [0.05, 0.1) is 14.2 Å². The van der Waals surface area contributed by atoms with Crippen LogP contribution in [-0.2, 0) is 9.59 Å². The van der Waals surface area contributed by atoms with Crippen LogP contribution in [0.4, 0.5) is 0 Å². The molecule has 146 valence electrons. The first-order valence-electron chi connectivity index (χ1n) is 8.35. The first-order chi connectivity index (χ1) is 12.6. The van der Waals surface area contributed by atoms with Gasteiger partial charge in [-0.05, 0) is 32.9 Å². The Labute approximate surface area is 167 Å². The molecule has 2 saturated heterocycles. The van der Waals surface area contributed by atoms with Crippen molar-refractivity contribution in [3.8, 4) is 11.5 Å². The summed E-state index contributed by atoms with van der Waals surface area (Å²) >= 11 is 5.43. The smallest absolute Gasteiger partial charge is 0.259 e. The molecule has 2 fully saturated rings. The third-order valence-corrected chi connectivity index (χ3v) is 7.04. The molecule has 0 aromatic heterocycles. The van der Waals surface area contributed by atoms with Crippen molar-refractivity contribution >= 4 is 41.3 Å². The minimum absolute atomic E-state index is 0.221. The van der Waals surface area contributed by atoms with E-state index in [4.69, 9.17) is 9.47 Å². The van der Waals surface area contributed by atoms with Crippen LogP contribution < -0.4 is 14.8 Å². The number of ether oxygens (including phenoxy) is 2. The van der Waals surface area contributed by atoms with E-state index in [1.807, 2.05) is 13.8 Å². The molecule has 1 aromatic rings. The Balaban J connectivity index is 1.91. The molecule has 2 heterocycles. The van der Waals surface area contributed by atoms with Gasteiger partial charge in [0.25, 0.3) is 11.8 Å². The van der Waals surface area contributed by atoms with Crippen LogP contribution in [0.15, 0.2) is 18.2 Å². The monoisotopic (exact) mass is 410 g/mol. The van der Waals surface area contributed by atoms with Crippen LogP contribution in [0.3, 0.4) is 0 Å². The van der Waals surface area contributed by atoms with E-state index in [2.05, 4.69) is 17.9 Å². The third kappa shape index (κ3) is 2.87. The number of hydrogen-bond acceptors (Lipinski definition) is 6. The number of thioether (sulfide) groups is 1. The fraction of sp³-hybridized carbons (Fsp3) is 0.500. The van der Waals surface area contributed by atoms with Crippen molar-refractivity contribution in [2.24, 2.45) is 0 Å². The maximum Gasteiger partial charge on any atom is 0.259 e. The van der Waals surface area contributed by atoms with Crippen LogP contribution in [0.25, 0.3) is 0 Å². The maximum absolute atomic E-state index is 13.0. The van der Waals surface area contributed by atoms with E-state index in [-0.39, 0.29) is 22.0 Å². The van der Waals surface area contributed by atoms with Crippen LogP contribution in [0.1, 0.15) is 31.1 Å². The van der Waals surface area contributed by atoms with Crippen LogP contribution in [-0.4, -0.2) is 57.8 Å². The summed E-state index contributed by atoms with van der Waals surface area (Å²) in [6.45, 7) is 5.46. The lowest BCUT2D eigenvalue weighted by Gasteiger charge is -2.51. The van der Waals surface area contributed by atoms with Gasteiger partial charge in [-0.15, -0.1) is 24.4 Å². The van der Waals surface area contributed by atoms with E-state index >= 15 is 0 Å². The van der Waals surface area contributed by atoms with Gasteiger partial charge in [-0.2, -0.15) is 0 Å². The van der Waals surface area contributed by atoms with E-state index < -0.39 is 22.2 Å². The predicted molar refractivity (Wildman–Crippen MR) is 106 cm³/mol. The number of methoxy groups -OCH3 is 2. The van der Waals surface area contributed by atoms with Crippen molar-refractivity contribution in [3.05, 3.63) is 23.8 Å². The number of nitrogens with one attached hydrogen (secondary N) is 1. The lowest BCUT2D eigenvalue weighted by atomic mass is 9.86. The molecule has 1 N–H and O–H groups in total. The van der Waals surface area contributed by atoms with Crippen LogP contribution in [0, 0.1) is 0 Å². The molecule has 2 aliphatic heterocycles. The molecule has 7 nitrogen and oxygen atoms in total. The number of thiol groups is 1. The highest BCUT2D eigenvalue weighted by molar-refractivity contribution is 8.02. The van der Waals surface area contributed by atoms with Gasteiger partial charge in [0.2, 0.25) is 5.12 Å². The molecule has 1 aromatic carbocycles. The SMILES string of the molecule is COc1cccc(OC)c1C(=O)NC1(C)C(=O)N2[C@@H](C(=O)S)C(C)(C)S[C@@H]21. The van der Waals surface area contributed by atoms with E-state index in [0.717, 1.165) is 0 Å². The summed E-state index contributed by atoms with van der Waals surface area (Å²) in [5.41, 5.74) is -0.915. The van der Waals surface area contributed by atoms with E-state index in [0.29, 0.717) is 11.5 Å². The topological polar surface area (TPSA) is 84.9 Å². The second-order valence-electron chi connectivity index (χ2n) is 7.22.